The molecule has 1 aliphatic carbocycles. The zero-order valence-corrected chi connectivity index (χ0v) is 18.5. The molecule has 2 aliphatic rings. The van der Waals surface area contributed by atoms with Gasteiger partial charge in [-0.2, -0.15) is 15.2 Å². The van der Waals surface area contributed by atoms with Gasteiger partial charge in [0.25, 0.3) is 0 Å². The second-order valence-electron chi connectivity index (χ2n) is 8.17. The number of carboxylic acid groups (broad SMARTS) is 1. The fraction of sp³-hybridized carbons (Fsp3) is 0.200. The number of carboxylic acids is 1. The molecule has 0 saturated heterocycles. The molecule has 0 aromatic heterocycles. The number of carbonyl (C=O) groups excluding carboxylic acids is 1. The van der Waals surface area contributed by atoms with Crippen LogP contribution in [0.4, 0.5) is 5.69 Å². The fourth-order valence-corrected chi connectivity index (χ4v) is 3.64. The van der Waals surface area contributed by atoms with Crippen LogP contribution >= 0.6 is 0 Å². The zero-order valence-electron chi connectivity index (χ0n) is 18.5. The van der Waals surface area contributed by atoms with Gasteiger partial charge in [0.2, 0.25) is 0 Å². The van der Waals surface area contributed by atoms with Crippen LogP contribution in [0.25, 0.3) is 5.57 Å². The number of allylic oxidation sites excluding steroid dienone is 2. The van der Waals surface area contributed by atoms with Gasteiger partial charge in [0.15, 0.2) is 11.3 Å². The highest BCUT2D eigenvalue weighted by Gasteiger charge is 2.38. The molecule has 33 heavy (non-hydrogen) atoms. The summed E-state index contributed by atoms with van der Waals surface area (Å²) in [6.45, 7) is 5.60. The summed E-state index contributed by atoms with van der Waals surface area (Å²) >= 11 is 0. The van der Waals surface area contributed by atoms with Crippen LogP contribution < -0.4 is 10.4 Å². The van der Waals surface area contributed by atoms with E-state index < -0.39 is 17.4 Å². The fourth-order valence-electron chi connectivity index (χ4n) is 3.64. The Balaban J connectivity index is 1.56. The number of nitrogens with one attached hydrogen (secondary N) is 1. The number of nitrogens with zero attached hydrogens (tertiary/aromatic N) is 3. The Labute approximate surface area is 191 Å². The number of aromatic hydroxyl groups is 1. The number of hydrazone groups is 2. The Bertz CT molecular complexity index is 1270. The second-order valence-corrected chi connectivity index (χ2v) is 8.17. The summed E-state index contributed by atoms with van der Waals surface area (Å²) in [6, 6.07) is 12.3. The van der Waals surface area contributed by atoms with Gasteiger partial charge in [-0.25, -0.2) is 4.79 Å². The number of aryl methyl sites for hydroxylation is 2. The Kier molecular flexibility index (Phi) is 5.59. The SMILES string of the molecule is CC1=NN(c2ccc(C)c(C)c2)C(=O)C1=NNC1(C(=O)O)C=CC(c2cccc(O)c2)=CC1. The number of phenols is 1. The van der Waals surface area contributed by atoms with Gasteiger partial charge >= 0.3 is 11.9 Å². The topological polar surface area (TPSA) is 115 Å². The Hall–Kier alpha value is -4.20. The van der Waals surface area contributed by atoms with E-state index in [1.807, 2.05) is 38.1 Å². The van der Waals surface area contributed by atoms with Gasteiger partial charge in [0, 0.05) is 6.42 Å². The van der Waals surface area contributed by atoms with E-state index in [4.69, 9.17) is 0 Å². The maximum absolute atomic E-state index is 13.0. The number of phenolic OH excluding ortho intramolecular Hbond substituents is 1. The average Bonchev–Trinajstić information content (AvgIpc) is 3.07. The standard InChI is InChI=1S/C25H24N4O4/c1-15-7-8-20(13-16(15)2)29-23(31)22(17(3)27-29)26-28-25(24(32)33)11-9-18(10-12-25)19-5-4-6-21(30)14-19/h4-11,13-14,28,30H,12H2,1-3H3,(H,32,33). The third-order valence-electron chi connectivity index (χ3n) is 5.84. The van der Waals surface area contributed by atoms with Crippen LogP contribution in [0.15, 0.2) is 70.9 Å². The molecule has 8 nitrogen and oxygen atoms in total. The van der Waals surface area contributed by atoms with Gasteiger partial charge < -0.3 is 10.2 Å². The second kappa shape index (κ2) is 8.38. The van der Waals surface area contributed by atoms with Crippen molar-refractivity contribution in [1.29, 1.82) is 0 Å². The molecule has 0 bridgehead atoms. The van der Waals surface area contributed by atoms with E-state index in [1.54, 1.807) is 37.3 Å². The molecule has 1 unspecified atom stereocenters. The number of aliphatic carboxylic acids is 1. The Morgan fingerprint density at radius 3 is 2.58 bits per heavy atom. The molecule has 0 radical (unpaired) electrons. The van der Waals surface area contributed by atoms with Crippen LogP contribution in [-0.2, 0) is 9.59 Å². The van der Waals surface area contributed by atoms with E-state index in [2.05, 4.69) is 15.6 Å². The first-order valence-electron chi connectivity index (χ1n) is 10.4. The molecule has 0 fully saturated rings. The van der Waals surface area contributed by atoms with Crippen molar-refractivity contribution in [2.24, 2.45) is 10.2 Å². The molecule has 4 rings (SSSR count). The molecular weight excluding hydrogens is 420 g/mol. The first-order chi connectivity index (χ1) is 15.7. The highest BCUT2D eigenvalue weighted by molar-refractivity contribution is 6.71. The molecule has 2 aromatic rings. The number of anilines is 1. The quantitative estimate of drug-likeness (QED) is 0.610. The average molecular weight is 444 g/mol. The first kappa shape index (κ1) is 22.0. The molecule has 168 valence electrons. The summed E-state index contributed by atoms with van der Waals surface area (Å²) in [5.74, 6) is -1.43. The van der Waals surface area contributed by atoms with Gasteiger partial charge in [0.05, 0.1) is 11.4 Å². The maximum Gasteiger partial charge on any atom is 0.335 e. The third-order valence-corrected chi connectivity index (χ3v) is 5.84. The molecule has 1 amide bonds. The van der Waals surface area contributed by atoms with E-state index in [0.29, 0.717) is 11.4 Å². The molecule has 2 aromatic carbocycles. The lowest BCUT2D eigenvalue weighted by Gasteiger charge is -2.27. The van der Waals surface area contributed by atoms with E-state index in [9.17, 15) is 19.8 Å². The lowest BCUT2D eigenvalue weighted by molar-refractivity contribution is -0.142. The Morgan fingerprint density at radius 2 is 1.94 bits per heavy atom. The predicted molar refractivity (Wildman–Crippen MR) is 127 cm³/mol. The van der Waals surface area contributed by atoms with Crippen molar-refractivity contribution in [3.05, 3.63) is 77.4 Å². The third kappa shape index (κ3) is 4.15. The highest BCUT2D eigenvalue weighted by Crippen LogP contribution is 2.29. The van der Waals surface area contributed by atoms with Crippen LogP contribution in [-0.4, -0.2) is 39.1 Å². The summed E-state index contributed by atoms with van der Waals surface area (Å²) in [5, 5.41) is 29.4. The van der Waals surface area contributed by atoms with Gasteiger partial charge in [0.1, 0.15) is 5.75 Å². The molecule has 0 saturated carbocycles. The molecule has 0 spiro atoms. The minimum absolute atomic E-state index is 0.0602. The van der Waals surface area contributed by atoms with Crippen LogP contribution in [0, 0.1) is 13.8 Å². The lowest BCUT2D eigenvalue weighted by Crippen LogP contribution is -2.49. The van der Waals surface area contributed by atoms with Crippen molar-refractivity contribution >= 4 is 34.6 Å². The van der Waals surface area contributed by atoms with Gasteiger partial charge in [-0.3, -0.25) is 10.2 Å². The van der Waals surface area contributed by atoms with Crippen molar-refractivity contribution in [3.8, 4) is 5.75 Å². The van der Waals surface area contributed by atoms with Gasteiger partial charge in [-0.15, -0.1) is 0 Å². The molecule has 1 heterocycles. The number of hydrogen-bond acceptors (Lipinski definition) is 6. The van der Waals surface area contributed by atoms with E-state index in [1.165, 1.54) is 11.1 Å². The van der Waals surface area contributed by atoms with Crippen LogP contribution in [0.2, 0.25) is 0 Å². The molecule has 1 aliphatic heterocycles. The lowest BCUT2D eigenvalue weighted by atomic mass is 9.87. The summed E-state index contributed by atoms with van der Waals surface area (Å²) in [4.78, 5) is 25.1. The highest BCUT2D eigenvalue weighted by atomic mass is 16.4. The monoisotopic (exact) mass is 444 g/mol. The van der Waals surface area contributed by atoms with Crippen molar-refractivity contribution in [2.75, 3.05) is 5.01 Å². The minimum atomic E-state index is -1.51. The van der Waals surface area contributed by atoms with Crippen molar-refractivity contribution in [1.82, 2.24) is 5.43 Å². The van der Waals surface area contributed by atoms with Crippen molar-refractivity contribution < 1.29 is 19.8 Å². The van der Waals surface area contributed by atoms with Gasteiger partial charge in [-0.05, 0) is 73.4 Å². The zero-order chi connectivity index (χ0) is 23.8. The van der Waals surface area contributed by atoms with Crippen molar-refractivity contribution in [2.45, 2.75) is 32.7 Å². The molecule has 8 heteroatoms. The molecule has 3 N–H and O–H groups in total. The summed E-state index contributed by atoms with van der Waals surface area (Å²) < 4.78 is 0. The van der Waals surface area contributed by atoms with E-state index >= 15 is 0 Å². The van der Waals surface area contributed by atoms with E-state index in [-0.39, 0.29) is 17.9 Å². The largest absolute Gasteiger partial charge is 0.508 e. The van der Waals surface area contributed by atoms with Crippen molar-refractivity contribution in [3.63, 3.8) is 0 Å². The Morgan fingerprint density at radius 1 is 1.15 bits per heavy atom. The number of benzene rings is 2. The number of rotatable bonds is 5. The summed E-state index contributed by atoms with van der Waals surface area (Å²) in [5.41, 5.74) is 5.95. The molecular formula is C25H24N4O4. The predicted octanol–water partition coefficient (Wildman–Crippen LogP) is 3.54. The normalized spacial score (nSPS) is 21.2. The number of hydrogen-bond donors (Lipinski definition) is 3. The summed E-state index contributed by atoms with van der Waals surface area (Å²) in [6.07, 6.45) is 5.03. The molecule has 1 atom stereocenters. The van der Waals surface area contributed by atoms with Crippen LogP contribution in [0.5, 0.6) is 5.75 Å². The minimum Gasteiger partial charge on any atom is -0.508 e. The van der Waals surface area contributed by atoms with E-state index in [0.717, 1.165) is 22.3 Å². The van der Waals surface area contributed by atoms with Crippen LogP contribution in [0.1, 0.15) is 30.0 Å². The number of amides is 1. The van der Waals surface area contributed by atoms with Crippen LogP contribution in [0.3, 0.4) is 0 Å². The number of carbonyl (C=O) groups is 2. The first-order valence-corrected chi connectivity index (χ1v) is 10.4. The van der Waals surface area contributed by atoms with Gasteiger partial charge in [-0.1, -0.05) is 30.4 Å². The summed E-state index contributed by atoms with van der Waals surface area (Å²) in [7, 11) is 0. The smallest absolute Gasteiger partial charge is 0.335 e. The maximum atomic E-state index is 13.0.